The zero-order valence-corrected chi connectivity index (χ0v) is 10.1. The molecule has 97 valence electrons. The van der Waals surface area contributed by atoms with Gasteiger partial charge in [-0.15, -0.1) is 0 Å². The van der Waals surface area contributed by atoms with Gasteiger partial charge < -0.3 is 15.2 Å². The van der Waals surface area contributed by atoms with Gasteiger partial charge in [-0.3, -0.25) is 9.69 Å². The van der Waals surface area contributed by atoms with Crippen LogP contribution in [0.2, 0.25) is 0 Å². The van der Waals surface area contributed by atoms with Crippen molar-refractivity contribution in [3.05, 3.63) is 23.9 Å². The van der Waals surface area contributed by atoms with E-state index >= 15 is 0 Å². The van der Waals surface area contributed by atoms with Gasteiger partial charge in [0.25, 0.3) is 5.91 Å². The number of nitrogens with zero attached hydrogens (tertiary/aromatic N) is 2. The lowest BCUT2D eigenvalue weighted by atomic mass is 10.3. The number of aromatic nitrogens is 1. The molecule has 1 fully saturated rings. The number of morpholine rings is 1. The largest absolute Gasteiger partial charge is 0.476 e. The lowest BCUT2D eigenvalue weighted by molar-refractivity contribution is 0.0320. The fourth-order valence-electron chi connectivity index (χ4n) is 1.68. The van der Waals surface area contributed by atoms with Crippen LogP contribution in [0.3, 0.4) is 0 Å². The zero-order chi connectivity index (χ0) is 12.8. The highest BCUT2D eigenvalue weighted by molar-refractivity contribution is 5.90. The molecule has 1 amide bonds. The molecule has 6 nitrogen and oxygen atoms in total. The Hall–Kier alpha value is -1.66. The number of nitrogens with two attached hydrogens (primary N) is 1. The smallest absolute Gasteiger partial charge is 0.268 e. The van der Waals surface area contributed by atoms with E-state index in [0.29, 0.717) is 12.5 Å². The van der Waals surface area contributed by atoms with E-state index < -0.39 is 5.91 Å². The first-order valence-electron chi connectivity index (χ1n) is 5.87. The van der Waals surface area contributed by atoms with Crippen molar-refractivity contribution in [1.82, 2.24) is 9.88 Å². The van der Waals surface area contributed by atoms with Gasteiger partial charge in [-0.1, -0.05) is 0 Å². The molecule has 6 heteroatoms. The topological polar surface area (TPSA) is 77.7 Å². The van der Waals surface area contributed by atoms with Crippen LogP contribution in [-0.2, 0) is 4.74 Å². The number of hydrogen-bond acceptors (Lipinski definition) is 5. The summed E-state index contributed by atoms with van der Waals surface area (Å²) in [5, 5.41) is 0. The Labute approximate surface area is 106 Å². The maximum Gasteiger partial charge on any atom is 0.268 e. The van der Waals surface area contributed by atoms with Gasteiger partial charge in [-0.25, -0.2) is 4.98 Å². The first-order valence-corrected chi connectivity index (χ1v) is 5.87. The molecule has 18 heavy (non-hydrogen) atoms. The third-order valence-electron chi connectivity index (χ3n) is 2.66. The lowest BCUT2D eigenvalue weighted by Gasteiger charge is -2.26. The van der Waals surface area contributed by atoms with Crippen molar-refractivity contribution in [3.63, 3.8) is 0 Å². The monoisotopic (exact) mass is 250 g/mol. The van der Waals surface area contributed by atoms with E-state index in [4.69, 9.17) is 15.2 Å². The first-order chi connectivity index (χ1) is 8.75. The third kappa shape index (κ3) is 3.68. The fourth-order valence-corrected chi connectivity index (χ4v) is 1.68. The van der Waals surface area contributed by atoms with Crippen molar-refractivity contribution in [2.45, 2.75) is 0 Å². The van der Waals surface area contributed by atoms with E-state index in [1.165, 1.54) is 0 Å². The van der Waals surface area contributed by atoms with Gasteiger partial charge in [0.1, 0.15) is 12.3 Å². The van der Waals surface area contributed by atoms with Crippen LogP contribution in [0.5, 0.6) is 5.88 Å². The maximum atomic E-state index is 10.9. The van der Waals surface area contributed by atoms with Gasteiger partial charge in [0.2, 0.25) is 5.88 Å². The summed E-state index contributed by atoms with van der Waals surface area (Å²) in [6.07, 6.45) is 0. The average Bonchev–Trinajstić information content (AvgIpc) is 2.40. The zero-order valence-electron chi connectivity index (χ0n) is 10.1. The molecule has 1 aliphatic heterocycles. The number of rotatable bonds is 5. The van der Waals surface area contributed by atoms with Crippen LogP contribution in [0.1, 0.15) is 10.5 Å². The molecule has 0 saturated carbocycles. The summed E-state index contributed by atoms with van der Waals surface area (Å²) in [5.74, 6) is -0.204. The summed E-state index contributed by atoms with van der Waals surface area (Å²) >= 11 is 0. The van der Waals surface area contributed by atoms with Crippen LogP contribution in [0.15, 0.2) is 12.1 Å². The SMILES string of the molecule is NC(=O)c1[c]ccc(OCCN2CCOCC2)n1. The quantitative estimate of drug-likeness (QED) is 0.775. The highest BCUT2D eigenvalue weighted by atomic mass is 16.5. The van der Waals surface area contributed by atoms with Crippen molar-refractivity contribution >= 4 is 5.91 Å². The van der Waals surface area contributed by atoms with Crippen LogP contribution in [0, 0.1) is 6.07 Å². The number of pyridine rings is 1. The van der Waals surface area contributed by atoms with Crippen molar-refractivity contribution in [3.8, 4) is 5.88 Å². The highest BCUT2D eigenvalue weighted by Gasteiger charge is 2.10. The Balaban J connectivity index is 1.78. The van der Waals surface area contributed by atoms with E-state index in [-0.39, 0.29) is 5.69 Å². The van der Waals surface area contributed by atoms with Gasteiger partial charge in [0, 0.05) is 31.8 Å². The van der Waals surface area contributed by atoms with Gasteiger partial charge in [0.15, 0.2) is 0 Å². The maximum absolute atomic E-state index is 10.9. The molecule has 2 N–H and O–H groups in total. The summed E-state index contributed by atoms with van der Waals surface area (Å²) in [6.45, 7) is 4.72. The van der Waals surface area contributed by atoms with Crippen LogP contribution in [-0.4, -0.2) is 55.2 Å². The van der Waals surface area contributed by atoms with Crippen molar-refractivity contribution in [2.75, 3.05) is 39.5 Å². The first kappa shape index (κ1) is 12.8. The third-order valence-corrected chi connectivity index (χ3v) is 2.66. The van der Waals surface area contributed by atoms with Crippen LogP contribution < -0.4 is 10.5 Å². The molecule has 1 aromatic rings. The van der Waals surface area contributed by atoms with Gasteiger partial charge >= 0.3 is 0 Å². The predicted molar refractivity (Wildman–Crippen MR) is 64.3 cm³/mol. The van der Waals surface area contributed by atoms with E-state index in [9.17, 15) is 4.79 Å². The van der Waals surface area contributed by atoms with Crippen LogP contribution >= 0.6 is 0 Å². The second kappa shape index (κ2) is 6.32. The number of primary amides is 1. The number of carbonyl (C=O) groups is 1. The van der Waals surface area contributed by atoms with Gasteiger partial charge in [-0.05, 0) is 6.07 Å². The van der Waals surface area contributed by atoms with E-state index in [1.54, 1.807) is 12.1 Å². The summed E-state index contributed by atoms with van der Waals surface area (Å²) in [5.41, 5.74) is 5.21. The van der Waals surface area contributed by atoms with Crippen LogP contribution in [0.4, 0.5) is 0 Å². The summed E-state index contributed by atoms with van der Waals surface area (Å²) in [4.78, 5) is 17.1. The molecular weight excluding hydrogens is 234 g/mol. The molecule has 0 atom stereocenters. The molecule has 2 rings (SSSR count). The summed E-state index contributed by atoms with van der Waals surface area (Å²) in [7, 11) is 0. The average molecular weight is 250 g/mol. The van der Waals surface area contributed by atoms with Gasteiger partial charge in [-0.2, -0.15) is 0 Å². The number of ether oxygens (including phenoxy) is 2. The van der Waals surface area contributed by atoms with Crippen molar-refractivity contribution < 1.29 is 14.3 Å². The Bertz CT molecular complexity index is 405. The molecule has 1 saturated heterocycles. The molecule has 0 bridgehead atoms. The predicted octanol–water partition coefficient (Wildman–Crippen LogP) is -0.308. The molecule has 1 radical (unpaired) electrons. The molecule has 0 spiro atoms. The molecule has 1 aromatic heterocycles. The van der Waals surface area contributed by atoms with E-state index in [0.717, 1.165) is 32.8 Å². The number of carbonyl (C=O) groups excluding carboxylic acids is 1. The Morgan fingerprint density at radius 3 is 3.06 bits per heavy atom. The minimum Gasteiger partial charge on any atom is -0.476 e. The molecular formula is C12H16N3O3. The summed E-state index contributed by atoms with van der Waals surface area (Å²) < 4.78 is 10.7. The minimum atomic E-state index is -0.603. The standard InChI is InChI=1S/C12H16N3O3/c13-12(16)10-2-1-3-11(14-10)18-9-6-15-4-7-17-8-5-15/h1,3H,4-9H2,(H2,13,16). The molecule has 0 aromatic carbocycles. The lowest BCUT2D eigenvalue weighted by Crippen LogP contribution is -2.38. The summed E-state index contributed by atoms with van der Waals surface area (Å²) in [6, 6.07) is 5.89. The molecule has 0 unspecified atom stereocenters. The fraction of sp³-hybridized carbons (Fsp3) is 0.500. The highest BCUT2D eigenvalue weighted by Crippen LogP contribution is 2.07. The Morgan fingerprint density at radius 2 is 2.33 bits per heavy atom. The van der Waals surface area contributed by atoms with Crippen LogP contribution in [0.25, 0.3) is 0 Å². The second-order valence-electron chi connectivity index (χ2n) is 3.94. The van der Waals surface area contributed by atoms with Gasteiger partial charge in [0.05, 0.1) is 13.2 Å². The van der Waals surface area contributed by atoms with E-state index in [1.807, 2.05) is 0 Å². The number of amides is 1. The molecule has 1 aliphatic rings. The second-order valence-corrected chi connectivity index (χ2v) is 3.94. The molecule has 2 heterocycles. The normalized spacial score (nSPS) is 16.4. The molecule has 0 aliphatic carbocycles. The van der Waals surface area contributed by atoms with Crippen molar-refractivity contribution in [2.24, 2.45) is 5.73 Å². The minimum absolute atomic E-state index is 0.0962. The number of hydrogen-bond donors (Lipinski definition) is 1. The van der Waals surface area contributed by atoms with Crippen molar-refractivity contribution in [1.29, 1.82) is 0 Å². The van der Waals surface area contributed by atoms with E-state index in [2.05, 4.69) is 16.0 Å². The Kier molecular flexibility index (Phi) is 4.49. The Morgan fingerprint density at radius 1 is 1.56 bits per heavy atom.